The Morgan fingerprint density at radius 3 is 2.44 bits per heavy atom. The predicted octanol–water partition coefficient (Wildman–Crippen LogP) is 3.67. The van der Waals surface area contributed by atoms with Crippen molar-refractivity contribution in [3.05, 3.63) is 82.1 Å². The molecule has 0 saturated carbocycles. The van der Waals surface area contributed by atoms with Gasteiger partial charge in [-0.25, -0.2) is 13.4 Å². The Balaban J connectivity index is 1.97. The summed E-state index contributed by atoms with van der Waals surface area (Å²) in [4.78, 5) is 21.5. The van der Waals surface area contributed by atoms with Crippen molar-refractivity contribution in [2.45, 2.75) is 30.9 Å². The van der Waals surface area contributed by atoms with Crippen LogP contribution in [0.25, 0.3) is 0 Å². The van der Waals surface area contributed by atoms with Crippen LogP contribution in [-0.4, -0.2) is 74.6 Å². The van der Waals surface area contributed by atoms with E-state index in [1.807, 2.05) is 50.2 Å². The van der Waals surface area contributed by atoms with Crippen molar-refractivity contribution >= 4 is 27.3 Å². The van der Waals surface area contributed by atoms with Gasteiger partial charge in [-0.05, 0) is 44.3 Å². The van der Waals surface area contributed by atoms with Crippen molar-refractivity contribution in [2.75, 3.05) is 40.9 Å². The summed E-state index contributed by atoms with van der Waals surface area (Å²) in [7, 11) is 1.62. The fraction of sp³-hybridized carbons (Fsp3) is 0.385. The molecule has 3 aromatic rings. The predicted molar refractivity (Wildman–Crippen MR) is 141 cm³/mol. The molecule has 1 aromatic heterocycles. The molecular formula is C26H33ClN4O4S. The van der Waals surface area contributed by atoms with E-state index in [4.69, 9.17) is 16.3 Å². The standard InChI is InChI=1S/C26H33ClN4O4S/c1-20-9-5-7-11-23(20)25(32)30(14-13-29(2)3)18-22-17-28-26(31(22)15-16-35-4)36(33,34)19-21-10-6-8-12-24(21)27/h5-12,17H,13-16,18-19H2,1-4H3. The highest BCUT2D eigenvalue weighted by atomic mass is 35.5. The third-order valence-corrected chi connectivity index (χ3v) is 7.78. The number of halogens is 1. The maximum Gasteiger partial charge on any atom is 0.254 e. The molecule has 3 rings (SSSR count). The van der Waals surface area contributed by atoms with Gasteiger partial charge in [-0.2, -0.15) is 0 Å². The van der Waals surface area contributed by atoms with Crippen molar-refractivity contribution in [2.24, 2.45) is 0 Å². The van der Waals surface area contributed by atoms with Gasteiger partial charge in [-0.3, -0.25) is 4.79 Å². The highest BCUT2D eigenvalue weighted by Gasteiger charge is 2.27. The molecule has 36 heavy (non-hydrogen) atoms. The van der Waals surface area contributed by atoms with Gasteiger partial charge in [0.2, 0.25) is 15.0 Å². The first-order chi connectivity index (χ1) is 17.1. The third-order valence-electron chi connectivity index (χ3n) is 5.83. The lowest BCUT2D eigenvalue weighted by molar-refractivity contribution is 0.0726. The zero-order valence-corrected chi connectivity index (χ0v) is 22.7. The number of hydrogen-bond donors (Lipinski definition) is 0. The number of nitrogens with zero attached hydrogens (tertiary/aromatic N) is 4. The Labute approximate surface area is 218 Å². The average Bonchev–Trinajstić information content (AvgIpc) is 3.24. The maximum atomic E-state index is 13.5. The smallest absolute Gasteiger partial charge is 0.254 e. The average molecular weight is 533 g/mol. The minimum atomic E-state index is -3.82. The van der Waals surface area contributed by atoms with Crippen molar-refractivity contribution in [3.8, 4) is 0 Å². The highest BCUT2D eigenvalue weighted by Crippen LogP contribution is 2.23. The third kappa shape index (κ3) is 6.94. The molecule has 0 fully saturated rings. The molecule has 0 saturated heterocycles. The van der Waals surface area contributed by atoms with E-state index in [0.717, 1.165) is 5.56 Å². The van der Waals surface area contributed by atoms with E-state index in [0.29, 0.717) is 41.5 Å². The van der Waals surface area contributed by atoms with Gasteiger partial charge in [0.25, 0.3) is 5.91 Å². The van der Waals surface area contributed by atoms with Crippen LogP contribution in [0.15, 0.2) is 59.9 Å². The molecule has 194 valence electrons. The molecular weight excluding hydrogens is 500 g/mol. The summed E-state index contributed by atoms with van der Waals surface area (Å²) in [6, 6.07) is 14.3. The summed E-state index contributed by atoms with van der Waals surface area (Å²) in [5.74, 6) is -0.391. The van der Waals surface area contributed by atoms with Gasteiger partial charge in [0, 0.05) is 37.3 Å². The Hall–Kier alpha value is -2.72. The summed E-state index contributed by atoms with van der Waals surface area (Å²) in [5.41, 5.74) is 2.62. The molecule has 0 radical (unpaired) electrons. The molecule has 0 N–H and O–H groups in total. The van der Waals surface area contributed by atoms with Crippen LogP contribution in [0.1, 0.15) is 27.2 Å². The molecule has 8 nitrogen and oxygen atoms in total. The summed E-state index contributed by atoms with van der Waals surface area (Å²) in [6.07, 6.45) is 1.53. The number of benzene rings is 2. The second-order valence-electron chi connectivity index (χ2n) is 8.87. The molecule has 0 aliphatic heterocycles. The number of hydrogen-bond acceptors (Lipinski definition) is 6. The number of aromatic nitrogens is 2. The van der Waals surface area contributed by atoms with Crippen LogP contribution >= 0.6 is 11.6 Å². The lowest BCUT2D eigenvalue weighted by Crippen LogP contribution is -2.37. The second-order valence-corrected chi connectivity index (χ2v) is 11.2. The monoisotopic (exact) mass is 532 g/mol. The number of aryl methyl sites for hydroxylation is 1. The first-order valence-corrected chi connectivity index (χ1v) is 13.7. The first kappa shape index (κ1) is 27.9. The minimum Gasteiger partial charge on any atom is -0.383 e. The Morgan fingerprint density at radius 2 is 1.78 bits per heavy atom. The lowest BCUT2D eigenvalue weighted by atomic mass is 10.1. The molecule has 0 spiro atoms. The van der Waals surface area contributed by atoms with Crippen LogP contribution in [0.3, 0.4) is 0 Å². The largest absolute Gasteiger partial charge is 0.383 e. The van der Waals surface area contributed by atoms with Crippen molar-refractivity contribution in [1.82, 2.24) is 19.4 Å². The normalized spacial score (nSPS) is 11.7. The van der Waals surface area contributed by atoms with Crippen molar-refractivity contribution in [1.29, 1.82) is 0 Å². The molecule has 0 aliphatic carbocycles. The quantitative estimate of drug-likeness (QED) is 0.354. The SMILES string of the molecule is COCCn1c(CN(CCN(C)C)C(=O)c2ccccc2C)cnc1S(=O)(=O)Cc1ccccc1Cl. The van der Waals surface area contributed by atoms with Crippen LogP contribution < -0.4 is 0 Å². The topological polar surface area (TPSA) is 84.7 Å². The number of ether oxygens (including phenoxy) is 1. The Morgan fingerprint density at radius 1 is 1.08 bits per heavy atom. The van der Waals surface area contributed by atoms with E-state index in [1.165, 1.54) is 6.20 Å². The van der Waals surface area contributed by atoms with Gasteiger partial charge in [-0.15, -0.1) is 0 Å². The summed E-state index contributed by atoms with van der Waals surface area (Å²) < 4.78 is 33.6. The second kappa shape index (κ2) is 12.5. The van der Waals surface area contributed by atoms with E-state index in [9.17, 15) is 13.2 Å². The molecule has 2 aromatic carbocycles. The summed E-state index contributed by atoms with van der Waals surface area (Å²) in [5, 5.41) is 0.320. The number of carbonyl (C=O) groups is 1. The van der Waals surface area contributed by atoms with Gasteiger partial charge in [0.15, 0.2) is 0 Å². The maximum absolute atomic E-state index is 13.5. The van der Waals surface area contributed by atoms with Crippen LogP contribution in [0, 0.1) is 6.92 Å². The molecule has 1 amide bonds. The molecule has 0 aliphatic rings. The number of imidazole rings is 1. The van der Waals surface area contributed by atoms with Crippen molar-refractivity contribution in [3.63, 3.8) is 0 Å². The molecule has 0 atom stereocenters. The van der Waals surface area contributed by atoms with E-state index < -0.39 is 9.84 Å². The van der Waals surface area contributed by atoms with Gasteiger partial charge < -0.3 is 19.1 Å². The van der Waals surface area contributed by atoms with Crippen molar-refractivity contribution < 1.29 is 17.9 Å². The van der Waals surface area contributed by atoms with Crippen LogP contribution in [0.2, 0.25) is 5.02 Å². The van der Waals surface area contributed by atoms with Gasteiger partial charge in [0.1, 0.15) is 0 Å². The summed E-state index contributed by atoms with van der Waals surface area (Å²) >= 11 is 6.22. The summed E-state index contributed by atoms with van der Waals surface area (Å²) in [6.45, 7) is 3.81. The Bertz CT molecular complexity index is 1290. The lowest BCUT2D eigenvalue weighted by Gasteiger charge is -2.26. The van der Waals surface area contributed by atoms with E-state index in [-0.39, 0.29) is 29.9 Å². The van der Waals surface area contributed by atoms with E-state index in [2.05, 4.69) is 4.98 Å². The number of carbonyl (C=O) groups excluding carboxylic acids is 1. The van der Waals surface area contributed by atoms with Crippen LogP contribution in [-0.2, 0) is 33.4 Å². The van der Waals surface area contributed by atoms with Gasteiger partial charge in [0.05, 0.1) is 30.8 Å². The number of amides is 1. The zero-order chi connectivity index (χ0) is 26.3. The molecule has 0 unspecified atom stereocenters. The molecule has 10 heteroatoms. The fourth-order valence-corrected chi connectivity index (χ4v) is 5.65. The number of sulfone groups is 1. The van der Waals surface area contributed by atoms with Gasteiger partial charge >= 0.3 is 0 Å². The Kier molecular flexibility index (Phi) is 9.67. The van der Waals surface area contributed by atoms with Crippen LogP contribution in [0.4, 0.5) is 0 Å². The van der Waals surface area contributed by atoms with E-state index >= 15 is 0 Å². The number of likely N-dealkylation sites (N-methyl/N-ethyl adjacent to an activating group) is 1. The number of rotatable bonds is 12. The number of methoxy groups -OCH3 is 1. The zero-order valence-electron chi connectivity index (χ0n) is 21.1. The molecule has 0 bridgehead atoms. The molecule has 1 heterocycles. The fourth-order valence-electron chi connectivity index (χ4n) is 3.82. The van der Waals surface area contributed by atoms with Crippen LogP contribution in [0.5, 0.6) is 0 Å². The minimum absolute atomic E-state index is 0.0645. The van der Waals surface area contributed by atoms with Gasteiger partial charge in [-0.1, -0.05) is 48.0 Å². The highest BCUT2D eigenvalue weighted by molar-refractivity contribution is 7.90. The van der Waals surface area contributed by atoms with E-state index in [1.54, 1.807) is 40.8 Å². The first-order valence-electron chi connectivity index (χ1n) is 11.6.